The molecule has 1 saturated heterocycles. The summed E-state index contributed by atoms with van der Waals surface area (Å²) in [5.41, 5.74) is 2.24. The molecule has 2 aromatic rings. The van der Waals surface area contributed by atoms with Gasteiger partial charge in [0.25, 0.3) is 0 Å². The van der Waals surface area contributed by atoms with E-state index < -0.39 is 0 Å². The van der Waals surface area contributed by atoms with Crippen LogP contribution in [0.3, 0.4) is 0 Å². The maximum atomic E-state index is 12.6. The van der Waals surface area contributed by atoms with Crippen molar-refractivity contribution >= 4 is 17.6 Å². The number of benzene rings is 2. The zero-order chi connectivity index (χ0) is 21.9. The summed E-state index contributed by atoms with van der Waals surface area (Å²) < 4.78 is 5.39. The van der Waals surface area contributed by atoms with E-state index in [0.29, 0.717) is 25.5 Å². The predicted octanol–water partition coefficient (Wildman–Crippen LogP) is 2.49. The molecule has 2 aromatic carbocycles. The van der Waals surface area contributed by atoms with Crippen LogP contribution >= 0.6 is 0 Å². The third-order valence-corrected chi connectivity index (χ3v) is 5.33. The zero-order valence-corrected chi connectivity index (χ0v) is 18.5. The van der Waals surface area contributed by atoms with E-state index in [0.717, 1.165) is 44.0 Å². The molecule has 0 spiro atoms. The van der Waals surface area contributed by atoms with Crippen LogP contribution < -0.4 is 20.3 Å². The summed E-state index contributed by atoms with van der Waals surface area (Å²) in [6.07, 6.45) is 0.449. The number of piperazine rings is 1. The van der Waals surface area contributed by atoms with Crippen molar-refractivity contribution in [3.63, 3.8) is 0 Å². The van der Waals surface area contributed by atoms with Crippen LogP contribution in [-0.4, -0.2) is 63.1 Å². The summed E-state index contributed by atoms with van der Waals surface area (Å²) in [4.78, 5) is 21.5. The van der Waals surface area contributed by atoms with E-state index >= 15 is 0 Å². The Labute approximate surface area is 185 Å². The minimum atomic E-state index is 0.181. The third-order valence-electron chi connectivity index (χ3n) is 5.33. The van der Waals surface area contributed by atoms with E-state index in [9.17, 15) is 4.79 Å². The minimum absolute atomic E-state index is 0.181. The number of nitrogens with zero attached hydrogens (tertiary/aromatic N) is 3. The first-order valence-corrected chi connectivity index (χ1v) is 10.9. The number of guanidine groups is 1. The molecule has 0 atom stereocenters. The molecule has 1 fully saturated rings. The van der Waals surface area contributed by atoms with Gasteiger partial charge in [-0.2, -0.15) is 0 Å². The van der Waals surface area contributed by atoms with Gasteiger partial charge in [0.2, 0.25) is 5.91 Å². The Kier molecular flexibility index (Phi) is 8.58. The van der Waals surface area contributed by atoms with Gasteiger partial charge in [0.05, 0.1) is 13.7 Å². The molecule has 0 aromatic heterocycles. The fraction of sp³-hybridized carbons (Fsp3) is 0.417. The van der Waals surface area contributed by atoms with E-state index in [1.165, 1.54) is 5.69 Å². The highest BCUT2D eigenvalue weighted by atomic mass is 16.5. The molecule has 166 valence electrons. The van der Waals surface area contributed by atoms with Crippen molar-refractivity contribution in [1.82, 2.24) is 15.5 Å². The Balaban J connectivity index is 1.44. The van der Waals surface area contributed by atoms with Crippen molar-refractivity contribution in [2.24, 2.45) is 4.99 Å². The summed E-state index contributed by atoms with van der Waals surface area (Å²) in [6, 6.07) is 18.2. The number of nitrogens with one attached hydrogen (secondary N) is 2. The quantitative estimate of drug-likeness (QED) is 0.504. The Morgan fingerprint density at radius 1 is 1.00 bits per heavy atom. The van der Waals surface area contributed by atoms with Gasteiger partial charge >= 0.3 is 0 Å². The first-order chi connectivity index (χ1) is 15.2. The van der Waals surface area contributed by atoms with Gasteiger partial charge in [-0.15, -0.1) is 0 Å². The number of ether oxygens (including phenoxy) is 1. The Morgan fingerprint density at radius 2 is 1.71 bits per heavy atom. The highest BCUT2D eigenvalue weighted by Crippen LogP contribution is 2.18. The smallest absolute Gasteiger partial charge is 0.224 e. The second-order valence-electron chi connectivity index (χ2n) is 7.39. The second kappa shape index (κ2) is 11.8. The van der Waals surface area contributed by atoms with Crippen LogP contribution in [0.25, 0.3) is 0 Å². The van der Waals surface area contributed by atoms with Gasteiger partial charge < -0.3 is 25.2 Å². The number of carbonyl (C=O) groups excluding carboxylic acids is 1. The lowest BCUT2D eigenvalue weighted by molar-refractivity contribution is -0.131. The number of aliphatic imine (C=N–C) groups is 1. The van der Waals surface area contributed by atoms with E-state index in [-0.39, 0.29) is 5.91 Å². The van der Waals surface area contributed by atoms with Crippen LogP contribution in [0.5, 0.6) is 5.75 Å². The average Bonchev–Trinajstić information content (AvgIpc) is 2.83. The lowest BCUT2D eigenvalue weighted by Gasteiger charge is -2.36. The van der Waals surface area contributed by atoms with Gasteiger partial charge in [-0.1, -0.05) is 36.4 Å². The maximum absolute atomic E-state index is 12.6. The highest BCUT2D eigenvalue weighted by molar-refractivity contribution is 5.81. The van der Waals surface area contributed by atoms with Gasteiger partial charge in [0.15, 0.2) is 5.96 Å². The Bertz CT molecular complexity index is 848. The molecular weight excluding hydrogens is 390 g/mol. The van der Waals surface area contributed by atoms with Crippen LogP contribution in [-0.2, 0) is 11.3 Å². The fourth-order valence-electron chi connectivity index (χ4n) is 3.64. The van der Waals surface area contributed by atoms with Crippen molar-refractivity contribution < 1.29 is 9.53 Å². The SMILES string of the molecule is CCNC(=NCc1ccccc1OC)NCCC(=O)N1CCN(c2ccccc2)CC1. The monoisotopic (exact) mass is 423 g/mol. The number of amides is 1. The number of para-hydroxylation sites is 2. The summed E-state index contributed by atoms with van der Waals surface area (Å²) in [7, 11) is 1.66. The molecule has 31 heavy (non-hydrogen) atoms. The van der Waals surface area contributed by atoms with Crippen LogP contribution in [0.2, 0.25) is 0 Å². The first kappa shape index (κ1) is 22.5. The predicted molar refractivity (Wildman–Crippen MR) is 126 cm³/mol. The zero-order valence-electron chi connectivity index (χ0n) is 18.5. The van der Waals surface area contributed by atoms with Crippen LogP contribution in [0.4, 0.5) is 5.69 Å². The second-order valence-corrected chi connectivity index (χ2v) is 7.39. The molecule has 0 saturated carbocycles. The van der Waals surface area contributed by atoms with Gasteiger partial charge in [-0.25, -0.2) is 4.99 Å². The normalized spacial score (nSPS) is 14.3. The molecule has 2 N–H and O–H groups in total. The van der Waals surface area contributed by atoms with Crippen molar-refractivity contribution in [2.45, 2.75) is 19.9 Å². The number of anilines is 1. The van der Waals surface area contributed by atoms with E-state index in [1.807, 2.05) is 42.2 Å². The summed E-state index contributed by atoms with van der Waals surface area (Å²) in [5, 5.41) is 6.51. The van der Waals surface area contributed by atoms with Crippen molar-refractivity contribution in [3.05, 3.63) is 60.2 Å². The largest absolute Gasteiger partial charge is 0.496 e. The summed E-state index contributed by atoms with van der Waals surface area (Å²) in [5.74, 6) is 1.71. The molecule has 1 aliphatic rings. The van der Waals surface area contributed by atoms with Crippen LogP contribution in [0.15, 0.2) is 59.6 Å². The van der Waals surface area contributed by atoms with Crippen molar-refractivity contribution in [3.8, 4) is 5.75 Å². The number of rotatable bonds is 8. The number of hydrogen-bond acceptors (Lipinski definition) is 4. The molecule has 0 radical (unpaired) electrons. The molecule has 0 unspecified atom stereocenters. The fourth-order valence-corrected chi connectivity index (χ4v) is 3.64. The number of methoxy groups -OCH3 is 1. The molecule has 0 aliphatic carbocycles. The molecular formula is C24H33N5O2. The van der Waals surface area contributed by atoms with Gasteiger partial charge in [0.1, 0.15) is 5.75 Å². The average molecular weight is 424 g/mol. The minimum Gasteiger partial charge on any atom is -0.496 e. The summed E-state index contributed by atoms with van der Waals surface area (Å²) in [6.45, 7) is 7.10. The van der Waals surface area contributed by atoms with Crippen molar-refractivity contribution in [2.75, 3.05) is 51.3 Å². The molecule has 3 rings (SSSR count). The number of carbonyl (C=O) groups is 1. The molecule has 1 amide bonds. The van der Waals surface area contributed by atoms with E-state index in [4.69, 9.17) is 4.74 Å². The standard InChI is InChI=1S/C24H33N5O2/c1-3-25-24(27-19-20-9-7-8-12-22(20)31-2)26-14-13-23(30)29-17-15-28(16-18-29)21-10-5-4-6-11-21/h4-12H,3,13-19H2,1-2H3,(H2,25,26,27). The van der Waals surface area contributed by atoms with E-state index in [2.05, 4.69) is 44.8 Å². The summed E-state index contributed by atoms with van der Waals surface area (Å²) >= 11 is 0. The van der Waals surface area contributed by atoms with Crippen molar-refractivity contribution in [1.29, 1.82) is 0 Å². The molecule has 1 aliphatic heterocycles. The lowest BCUT2D eigenvalue weighted by Crippen LogP contribution is -2.49. The van der Waals surface area contributed by atoms with Gasteiger partial charge in [-0.05, 0) is 25.1 Å². The molecule has 1 heterocycles. The topological polar surface area (TPSA) is 69.2 Å². The van der Waals surface area contributed by atoms with Crippen LogP contribution in [0.1, 0.15) is 18.9 Å². The Morgan fingerprint density at radius 3 is 2.42 bits per heavy atom. The number of hydrogen-bond donors (Lipinski definition) is 2. The lowest BCUT2D eigenvalue weighted by atomic mass is 10.2. The molecule has 7 heteroatoms. The maximum Gasteiger partial charge on any atom is 0.224 e. The highest BCUT2D eigenvalue weighted by Gasteiger charge is 2.20. The van der Waals surface area contributed by atoms with Gasteiger partial charge in [0, 0.05) is 56.9 Å². The van der Waals surface area contributed by atoms with Crippen LogP contribution in [0, 0.1) is 0 Å². The van der Waals surface area contributed by atoms with Gasteiger partial charge in [-0.3, -0.25) is 4.79 Å². The molecule has 0 bridgehead atoms. The van der Waals surface area contributed by atoms with E-state index in [1.54, 1.807) is 7.11 Å². The Hall–Kier alpha value is -3.22. The molecule has 7 nitrogen and oxygen atoms in total. The third kappa shape index (κ3) is 6.64. The first-order valence-electron chi connectivity index (χ1n) is 10.9.